The molecule has 2 saturated heterocycles. The Morgan fingerprint density at radius 1 is 1.29 bits per heavy atom. The summed E-state index contributed by atoms with van der Waals surface area (Å²) in [5, 5.41) is 3.44. The fourth-order valence-corrected chi connectivity index (χ4v) is 2.90. The molecule has 0 spiro atoms. The molecule has 6 heteroatoms. The summed E-state index contributed by atoms with van der Waals surface area (Å²) in [6.45, 7) is 6.04. The third-order valence-corrected chi connectivity index (χ3v) is 3.82. The van der Waals surface area contributed by atoms with Crippen molar-refractivity contribution >= 4 is 24.8 Å². The van der Waals surface area contributed by atoms with Crippen LogP contribution >= 0.6 is 24.8 Å². The highest BCUT2D eigenvalue weighted by atomic mass is 35.5. The van der Waals surface area contributed by atoms with Gasteiger partial charge in [-0.25, -0.2) is 4.39 Å². The van der Waals surface area contributed by atoms with E-state index in [1.54, 1.807) is 0 Å². The highest BCUT2D eigenvalue weighted by molar-refractivity contribution is 5.85. The summed E-state index contributed by atoms with van der Waals surface area (Å²) < 4.78 is 13.0. The minimum Gasteiger partial charge on any atom is -0.313 e. The summed E-state index contributed by atoms with van der Waals surface area (Å²) >= 11 is 0. The number of nitrogens with one attached hydrogen (secondary N) is 1. The first-order valence-corrected chi connectivity index (χ1v) is 5.96. The van der Waals surface area contributed by atoms with Crippen molar-refractivity contribution in [3.63, 3.8) is 0 Å². The third-order valence-electron chi connectivity index (χ3n) is 3.82. The smallest absolute Gasteiger partial charge is 0.106 e. The van der Waals surface area contributed by atoms with E-state index in [-0.39, 0.29) is 37.5 Å². The van der Waals surface area contributed by atoms with Crippen LogP contribution in [-0.4, -0.2) is 67.8 Å². The summed E-state index contributed by atoms with van der Waals surface area (Å²) in [6.07, 6.45) is 1.17. The molecule has 2 aliphatic rings. The summed E-state index contributed by atoms with van der Waals surface area (Å²) in [4.78, 5) is 4.61. The first-order valence-electron chi connectivity index (χ1n) is 5.96. The van der Waals surface area contributed by atoms with Gasteiger partial charge in [-0.2, -0.15) is 0 Å². The summed E-state index contributed by atoms with van der Waals surface area (Å²) in [6, 6.07) is 1.16. The second-order valence-corrected chi connectivity index (χ2v) is 4.91. The molecule has 0 aromatic carbocycles. The first-order chi connectivity index (χ1) is 7.22. The Balaban J connectivity index is 0.00000128. The number of alkyl halides is 1. The van der Waals surface area contributed by atoms with Crippen molar-refractivity contribution in [1.29, 1.82) is 0 Å². The number of piperazine rings is 1. The van der Waals surface area contributed by atoms with Crippen LogP contribution in [0.4, 0.5) is 4.39 Å². The predicted molar refractivity (Wildman–Crippen MR) is 74.3 cm³/mol. The monoisotopic (exact) mass is 287 g/mol. The number of rotatable bonds is 2. The SMILES string of the molecule is C[C@@H]1NCC[C@@H]1N1CCN(C)C[C@H]1CF.Cl.Cl. The molecule has 2 rings (SSSR count). The molecule has 104 valence electrons. The van der Waals surface area contributed by atoms with Gasteiger partial charge < -0.3 is 10.2 Å². The number of likely N-dealkylation sites (N-methyl/N-ethyl adjacent to an activating group) is 1. The molecular formula is C11H24Cl2FN3. The molecule has 2 heterocycles. The molecule has 0 aliphatic carbocycles. The van der Waals surface area contributed by atoms with Crippen LogP contribution in [-0.2, 0) is 0 Å². The Morgan fingerprint density at radius 3 is 2.53 bits per heavy atom. The molecule has 2 aliphatic heterocycles. The van der Waals surface area contributed by atoms with Crippen molar-refractivity contribution in [2.75, 3.05) is 39.9 Å². The highest BCUT2D eigenvalue weighted by Crippen LogP contribution is 2.20. The van der Waals surface area contributed by atoms with Crippen LogP contribution in [0.5, 0.6) is 0 Å². The fraction of sp³-hybridized carbons (Fsp3) is 1.00. The van der Waals surface area contributed by atoms with Crippen LogP contribution in [0.2, 0.25) is 0 Å². The fourth-order valence-electron chi connectivity index (χ4n) is 2.90. The number of nitrogens with zero attached hydrogens (tertiary/aromatic N) is 2. The minimum absolute atomic E-state index is 0. The van der Waals surface area contributed by atoms with E-state index < -0.39 is 0 Å². The van der Waals surface area contributed by atoms with Gasteiger partial charge in [0.05, 0.1) is 6.04 Å². The molecule has 3 nitrogen and oxygen atoms in total. The number of hydrogen-bond donors (Lipinski definition) is 1. The van der Waals surface area contributed by atoms with Crippen LogP contribution in [0.15, 0.2) is 0 Å². The maximum Gasteiger partial charge on any atom is 0.106 e. The Kier molecular flexibility index (Phi) is 7.92. The zero-order valence-electron chi connectivity index (χ0n) is 10.6. The number of hydrogen-bond acceptors (Lipinski definition) is 3. The van der Waals surface area contributed by atoms with E-state index in [1.807, 2.05) is 0 Å². The second kappa shape index (κ2) is 7.74. The summed E-state index contributed by atoms with van der Waals surface area (Å²) in [7, 11) is 2.08. The maximum absolute atomic E-state index is 13.0. The molecular weight excluding hydrogens is 264 g/mol. The van der Waals surface area contributed by atoms with Gasteiger partial charge in [0, 0.05) is 31.7 Å². The molecule has 0 bridgehead atoms. The minimum atomic E-state index is -0.215. The Labute approximate surface area is 116 Å². The van der Waals surface area contributed by atoms with E-state index in [4.69, 9.17) is 0 Å². The van der Waals surface area contributed by atoms with Gasteiger partial charge in [-0.3, -0.25) is 4.90 Å². The quantitative estimate of drug-likeness (QED) is 0.823. The molecule has 0 radical (unpaired) electrons. The molecule has 1 N–H and O–H groups in total. The van der Waals surface area contributed by atoms with Crippen molar-refractivity contribution in [3.05, 3.63) is 0 Å². The molecule has 0 unspecified atom stereocenters. The second-order valence-electron chi connectivity index (χ2n) is 4.91. The lowest BCUT2D eigenvalue weighted by atomic mass is 10.0. The van der Waals surface area contributed by atoms with Crippen molar-refractivity contribution < 1.29 is 4.39 Å². The van der Waals surface area contributed by atoms with E-state index in [1.165, 1.54) is 6.42 Å². The van der Waals surface area contributed by atoms with E-state index in [0.717, 1.165) is 26.2 Å². The van der Waals surface area contributed by atoms with Gasteiger partial charge in [0.1, 0.15) is 6.67 Å². The van der Waals surface area contributed by atoms with Crippen molar-refractivity contribution in [2.45, 2.75) is 31.5 Å². The lowest BCUT2D eigenvalue weighted by molar-refractivity contribution is 0.0362. The van der Waals surface area contributed by atoms with Gasteiger partial charge in [-0.05, 0) is 26.9 Å². The molecule has 0 amide bonds. The zero-order valence-corrected chi connectivity index (χ0v) is 12.2. The average Bonchev–Trinajstić information content (AvgIpc) is 2.64. The predicted octanol–water partition coefficient (Wildman–Crippen LogP) is 1.17. The Morgan fingerprint density at radius 2 is 2.00 bits per heavy atom. The largest absolute Gasteiger partial charge is 0.313 e. The van der Waals surface area contributed by atoms with Crippen molar-refractivity contribution in [2.24, 2.45) is 0 Å². The maximum atomic E-state index is 13.0. The molecule has 3 atom stereocenters. The van der Waals surface area contributed by atoms with Gasteiger partial charge in [0.2, 0.25) is 0 Å². The lowest BCUT2D eigenvalue weighted by Crippen LogP contribution is -2.58. The zero-order chi connectivity index (χ0) is 10.8. The van der Waals surface area contributed by atoms with E-state index >= 15 is 0 Å². The van der Waals surface area contributed by atoms with E-state index in [9.17, 15) is 4.39 Å². The van der Waals surface area contributed by atoms with E-state index in [0.29, 0.717) is 12.1 Å². The van der Waals surface area contributed by atoms with Crippen LogP contribution in [0.3, 0.4) is 0 Å². The van der Waals surface area contributed by atoms with Gasteiger partial charge in [-0.15, -0.1) is 24.8 Å². The van der Waals surface area contributed by atoms with Gasteiger partial charge in [-0.1, -0.05) is 0 Å². The molecule has 0 saturated carbocycles. The summed E-state index contributed by atoms with van der Waals surface area (Å²) in [5.41, 5.74) is 0. The third kappa shape index (κ3) is 3.93. The Hall–Kier alpha value is 0.390. The first kappa shape index (κ1) is 17.4. The van der Waals surface area contributed by atoms with Gasteiger partial charge >= 0.3 is 0 Å². The average molecular weight is 288 g/mol. The van der Waals surface area contributed by atoms with E-state index in [2.05, 4.69) is 29.1 Å². The molecule has 17 heavy (non-hydrogen) atoms. The van der Waals surface area contributed by atoms with Crippen LogP contribution in [0, 0.1) is 0 Å². The molecule has 2 fully saturated rings. The normalized spacial score (nSPS) is 35.1. The number of halogens is 3. The topological polar surface area (TPSA) is 18.5 Å². The van der Waals surface area contributed by atoms with Crippen LogP contribution < -0.4 is 5.32 Å². The van der Waals surface area contributed by atoms with Crippen LogP contribution in [0.25, 0.3) is 0 Å². The van der Waals surface area contributed by atoms with Crippen molar-refractivity contribution in [1.82, 2.24) is 15.1 Å². The van der Waals surface area contributed by atoms with Gasteiger partial charge in [0.15, 0.2) is 0 Å². The van der Waals surface area contributed by atoms with Crippen molar-refractivity contribution in [3.8, 4) is 0 Å². The highest BCUT2D eigenvalue weighted by Gasteiger charge is 2.35. The van der Waals surface area contributed by atoms with Crippen LogP contribution in [0.1, 0.15) is 13.3 Å². The lowest BCUT2D eigenvalue weighted by Gasteiger charge is -2.43. The van der Waals surface area contributed by atoms with Gasteiger partial charge in [0.25, 0.3) is 0 Å². The molecule has 0 aromatic heterocycles. The summed E-state index contributed by atoms with van der Waals surface area (Å²) in [5.74, 6) is 0. The molecule has 0 aromatic rings. The Bertz CT molecular complexity index is 221. The standard InChI is InChI=1S/C11H22FN3.2ClH/c1-9-11(3-4-13-9)15-6-5-14(2)8-10(15)7-12;;/h9-11,13H,3-8H2,1-2H3;2*1H/t9-,10+,11-;;/m0../s1.